The number of amides is 1. The summed E-state index contributed by atoms with van der Waals surface area (Å²) in [6, 6.07) is 0.592. The zero-order valence-electron chi connectivity index (χ0n) is 19.4. The summed E-state index contributed by atoms with van der Waals surface area (Å²) in [6.45, 7) is 2.58. The van der Waals surface area contributed by atoms with Crippen molar-refractivity contribution in [3.05, 3.63) is 27.4 Å². The van der Waals surface area contributed by atoms with Gasteiger partial charge in [-0.25, -0.2) is 4.98 Å². The second kappa shape index (κ2) is 8.58. The molecule has 6 heteroatoms. The lowest BCUT2D eigenvalue weighted by atomic mass is 9.92. The quantitative estimate of drug-likeness (QED) is 0.776. The van der Waals surface area contributed by atoms with Gasteiger partial charge in [-0.05, 0) is 63.2 Å². The summed E-state index contributed by atoms with van der Waals surface area (Å²) >= 11 is 0. The zero-order valence-corrected chi connectivity index (χ0v) is 19.4. The van der Waals surface area contributed by atoms with Crippen LogP contribution >= 0.6 is 0 Å². The van der Waals surface area contributed by atoms with Crippen molar-refractivity contribution in [3.8, 4) is 0 Å². The minimum Gasteiger partial charge on any atom is -0.332 e. The van der Waals surface area contributed by atoms with E-state index >= 15 is 0 Å². The van der Waals surface area contributed by atoms with Gasteiger partial charge >= 0.3 is 0 Å². The first-order chi connectivity index (χ1) is 15.7. The molecule has 2 aliphatic heterocycles. The molecule has 1 aromatic rings. The normalized spacial score (nSPS) is 33.4. The molecule has 174 valence electrons. The molecule has 3 atom stereocenters. The molecule has 3 saturated carbocycles. The van der Waals surface area contributed by atoms with Crippen LogP contribution in [0.2, 0.25) is 0 Å². The van der Waals surface area contributed by atoms with Crippen LogP contribution in [0.15, 0.2) is 4.79 Å². The van der Waals surface area contributed by atoms with Crippen LogP contribution in [-0.2, 0) is 17.8 Å². The molecule has 5 aliphatic rings. The third-order valence-corrected chi connectivity index (χ3v) is 9.26. The molecule has 0 aromatic carbocycles. The standard InChI is InChI=1S/C26H38N4O2/c31-25-20-13-15-29(17-8-2-1-3-9-17)16-21(20)27-24(28-25)22-12-6-7-14-30(22)26(32)23-18-10-4-5-11-19(18)23/h17-19,22-23H,1-16H2,(H,27,28,31)/t18-,19-,22+/m0/s1. The Labute approximate surface area is 191 Å². The van der Waals surface area contributed by atoms with Crippen LogP contribution in [0.25, 0.3) is 0 Å². The van der Waals surface area contributed by atoms with Crippen LogP contribution in [0.4, 0.5) is 0 Å². The summed E-state index contributed by atoms with van der Waals surface area (Å²) in [5.74, 6) is 2.58. The molecule has 1 saturated heterocycles. The molecule has 0 bridgehead atoms. The van der Waals surface area contributed by atoms with Gasteiger partial charge in [-0.1, -0.05) is 32.1 Å². The van der Waals surface area contributed by atoms with Gasteiger partial charge in [0.05, 0.1) is 11.7 Å². The van der Waals surface area contributed by atoms with Crippen molar-refractivity contribution < 1.29 is 4.79 Å². The summed E-state index contributed by atoms with van der Waals surface area (Å²) in [7, 11) is 0. The summed E-state index contributed by atoms with van der Waals surface area (Å²) in [5, 5.41) is 0. The van der Waals surface area contributed by atoms with Crippen molar-refractivity contribution in [2.45, 2.75) is 102 Å². The van der Waals surface area contributed by atoms with Gasteiger partial charge in [-0.3, -0.25) is 14.5 Å². The average Bonchev–Trinajstić information content (AvgIpc) is 3.58. The fourth-order valence-electron chi connectivity index (χ4n) is 7.42. The molecule has 1 amide bonds. The maximum atomic E-state index is 13.5. The summed E-state index contributed by atoms with van der Waals surface area (Å²) in [4.78, 5) is 39.4. The van der Waals surface area contributed by atoms with E-state index < -0.39 is 0 Å². The van der Waals surface area contributed by atoms with E-state index in [4.69, 9.17) is 4.98 Å². The number of nitrogens with zero attached hydrogens (tertiary/aromatic N) is 3. The van der Waals surface area contributed by atoms with E-state index in [-0.39, 0.29) is 17.5 Å². The van der Waals surface area contributed by atoms with Crippen molar-refractivity contribution in [2.24, 2.45) is 17.8 Å². The van der Waals surface area contributed by atoms with E-state index in [1.54, 1.807) is 0 Å². The maximum Gasteiger partial charge on any atom is 0.254 e. The Bertz CT molecular complexity index is 909. The van der Waals surface area contributed by atoms with Gasteiger partial charge < -0.3 is 9.88 Å². The maximum absolute atomic E-state index is 13.5. The van der Waals surface area contributed by atoms with Crippen LogP contribution in [0.1, 0.15) is 100 Å². The van der Waals surface area contributed by atoms with Crippen LogP contribution in [0.3, 0.4) is 0 Å². The van der Waals surface area contributed by atoms with Crippen molar-refractivity contribution in [1.29, 1.82) is 0 Å². The Balaban J connectivity index is 1.24. The molecule has 32 heavy (non-hydrogen) atoms. The molecule has 3 heterocycles. The van der Waals surface area contributed by atoms with Gasteiger partial charge in [0.15, 0.2) is 0 Å². The SMILES string of the molecule is O=C(C1[C@H]2CCCC[C@H]12)N1CCCC[C@@H]1c1nc2c(c(=O)[nH]1)CCN(C1CCCCC1)C2. The highest BCUT2D eigenvalue weighted by Crippen LogP contribution is 2.56. The van der Waals surface area contributed by atoms with Crippen LogP contribution in [-0.4, -0.2) is 44.8 Å². The molecule has 1 N–H and O–H groups in total. The molecule has 0 spiro atoms. The highest BCUT2D eigenvalue weighted by molar-refractivity contribution is 5.83. The number of rotatable bonds is 3. The Morgan fingerprint density at radius 3 is 2.38 bits per heavy atom. The number of carbonyl (C=O) groups excluding carboxylic acids is 1. The van der Waals surface area contributed by atoms with Gasteiger partial charge in [0.1, 0.15) is 5.82 Å². The molecule has 3 aliphatic carbocycles. The zero-order chi connectivity index (χ0) is 21.7. The number of hydrogen-bond acceptors (Lipinski definition) is 4. The first kappa shape index (κ1) is 20.9. The molecule has 4 fully saturated rings. The highest BCUT2D eigenvalue weighted by Gasteiger charge is 2.56. The fourth-order valence-corrected chi connectivity index (χ4v) is 7.42. The summed E-state index contributed by atoms with van der Waals surface area (Å²) in [5.41, 5.74) is 1.88. The molecule has 0 unspecified atom stereocenters. The van der Waals surface area contributed by atoms with E-state index in [9.17, 15) is 9.59 Å². The number of likely N-dealkylation sites (tertiary alicyclic amines) is 1. The molecule has 6 nitrogen and oxygen atoms in total. The number of hydrogen-bond donors (Lipinski definition) is 1. The Morgan fingerprint density at radius 2 is 1.59 bits per heavy atom. The lowest BCUT2D eigenvalue weighted by molar-refractivity contribution is -0.137. The van der Waals surface area contributed by atoms with E-state index in [1.807, 2.05) is 0 Å². The number of H-pyrrole nitrogens is 1. The monoisotopic (exact) mass is 438 g/mol. The van der Waals surface area contributed by atoms with Crippen molar-refractivity contribution in [1.82, 2.24) is 19.8 Å². The molecule has 0 radical (unpaired) electrons. The Hall–Kier alpha value is -1.69. The van der Waals surface area contributed by atoms with Gasteiger partial charge in [-0.15, -0.1) is 0 Å². The minimum absolute atomic E-state index is 0.0337. The number of aromatic amines is 1. The molecule has 1 aromatic heterocycles. The number of piperidine rings is 1. The molecular weight excluding hydrogens is 400 g/mol. The summed E-state index contributed by atoms with van der Waals surface area (Å²) < 4.78 is 0. The predicted molar refractivity (Wildman–Crippen MR) is 123 cm³/mol. The molecule has 6 rings (SSSR count). The lowest BCUT2D eigenvalue weighted by Crippen LogP contribution is -2.44. The molecular formula is C26H38N4O2. The minimum atomic E-state index is -0.0537. The van der Waals surface area contributed by atoms with E-state index in [1.165, 1.54) is 57.8 Å². The van der Waals surface area contributed by atoms with Gasteiger partial charge in [0, 0.05) is 37.2 Å². The summed E-state index contributed by atoms with van der Waals surface area (Å²) in [6.07, 6.45) is 15.5. The van der Waals surface area contributed by atoms with Crippen molar-refractivity contribution >= 4 is 5.91 Å². The first-order valence-corrected chi connectivity index (χ1v) is 13.4. The third kappa shape index (κ3) is 3.72. The smallest absolute Gasteiger partial charge is 0.254 e. The van der Waals surface area contributed by atoms with E-state index in [0.29, 0.717) is 23.8 Å². The Morgan fingerprint density at radius 1 is 0.875 bits per heavy atom. The number of carbonyl (C=O) groups is 1. The van der Waals surface area contributed by atoms with Crippen LogP contribution < -0.4 is 5.56 Å². The second-order valence-electron chi connectivity index (χ2n) is 11.1. The van der Waals surface area contributed by atoms with Gasteiger partial charge in [-0.2, -0.15) is 0 Å². The van der Waals surface area contributed by atoms with Crippen molar-refractivity contribution in [3.63, 3.8) is 0 Å². The third-order valence-electron chi connectivity index (χ3n) is 9.26. The van der Waals surface area contributed by atoms with Gasteiger partial charge in [0.25, 0.3) is 5.56 Å². The number of aromatic nitrogens is 2. The lowest BCUT2D eigenvalue weighted by Gasteiger charge is -2.38. The fraction of sp³-hybridized carbons (Fsp3) is 0.808. The van der Waals surface area contributed by atoms with E-state index in [2.05, 4.69) is 14.8 Å². The topological polar surface area (TPSA) is 69.3 Å². The number of nitrogens with one attached hydrogen (secondary N) is 1. The van der Waals surface area contributed by atoms with Gasteiger partial charge in [0.2, 0.25) is 5.91 Å². The first-order valence-electron chi connectivity index (χ1n) is 13.4. The largest absolute Gasteiger partial charge is 0.332 e. The van der Waals surface area contributed by atoms with Crippen LogP contribution in [0.5, 0.6) is 0 Å². The highest BCUT2D eigenvalue weighted by atomic mass is 16.2. The van der Waals surface area contributed by atoms with Crippen molar-refractivity contribution in [2.75, 3.05) is 13.1 Å². The average molecular weight is 439 g/mol. The predicted octanol–water partition coefficient (Wildman–Crippen LogP) is 3.95. The Kier molecular flexibility index (Phi) is 5.60. The number of fused-ring (bicyclic) bond motifs is 2. The van der Waals surface area contributed by atoms with E-state index in [0.717, 1.165) is 62.4 Å². The second-order valence-corrected chi connectivity index (χ2v) is 11.1. The van der Waals surface area contributed by atoms with Crippen LogP contribution in [0, 0.1) is 17.8 Å².